The van der Waals surface area contributed by atoms with E-state index < -0.39 is 8.25 Å². The molecule has 0 radical (unpaired) electrons. The first-order valence-corrected chi connectivity index (χ1v) is 13.1. The van der Waals surface area contributed by atoms with Crippen LogP contribution in [0.3, 0.4) is 0 Å². The van der Waals surface area contributed by atoms with Crippen LogP contribution in [-0.2, 0) is 23.1 Å². The van der Waals surface area contributed by atoms with Crippen LogP contribution in [0.4, 0.5) is 0 Å². The number of hydrogen-bond acceptors (Lipinski definition) is 5. The molecule has 174 valence electrons. The SMILES string of the molecule is CCCCCCCCCCCCCCCCCCOC[C@@H](CO[P+](=O)OC)OC. The molecule has 6 heteroatoms. The van der Waals surface area contributed by atoms with Gasteiger partial charge in [-0.05, 0) is 6.42 Å². The molecule has 0 amide bonds. The summed E-state index contributed by atoms with van der Waals surface area (Å²) in [6.45, 7) is 3.71. The van der Waals surface area contributed by atoms with Crippen molar-refractivity contribution in [3.05, 3.63) is 0 Å². The first-order chi connectivity index (χ1) is 14.2. The third-order valence-corrected chi connectivity index (χ3v) is 5.95. The summed E-state index contributed by atoms with van der Waals surface area (Å²) < 4.78 is 31.5. The number of unbranched alkanes of at least 4 members (excludes halogenated alkanes) is 15. The van der Waals surface area contributed by atoms with Gasteiger partial charge in [-0.2, -0.15) is 0 Å². The predicted molar refractivity (Wildman–Crippen MR) is 122 cm³/mol. The minimum absolute atomic E-state index is 0.204. The van der Waals surface area contributed by atoms with Crippen LogP contribution in [0.2, 0.25) is 0 Å². The van der Waals surface area contributed by atoms with E-state index in [0.29, 0.717) is 6.61 Å². The molecular formula is C23H48O5P+. The number of rotatable bonds is 24. The van der Waals surface area contributed by atoms with Crippen molar-refractivity contribution >= 4 is 8.25 Å². The highest BCUT2D eigenvalue weighted by Gasteiger charge is 2.21. The molecule has 0 N–H and O–H groups in total. The smallest absolute Gasteiger partial charge is 0.379 e. The van der Waals surface area contributed by atoms with E-state index >= 15 is 0 Å². The maximum atomic E-state index is 11.1. The van der Waals surface area contributed by atoms with E-state index in [2.05, 4.69) is 11.4 Å². The van der Waals surface area contributed by atoms with Crippen molar-refractivity contribution in [2.45, 2.75) is 116 Å². The molecule has 1 unspecified atom stereocenters. The molecular weight excluding hydrogens is 387 g/mol. The van der Waals surface area contributed by atoms with Crippen LogP contribution in [0.1, 0.15) is 110 Å². The lowest BCUT2D eigenvalue weighted by molar-refractivity contribution is -0.0160. The number of methoxy groups -OCH3 is 1. The van der Waals surface area contributed by atoms with Crippen LogP contribution in [0, 0.1) is 0 Å². The fourth-order valence-corrected chi connectivity index (χ4v) is 3.74. The molecule has 0 aliphatic rings. The molecule has 0 bridgehead atoms. The van der Waals surface area contributed by atoms with E-state index in [1.807, 2.05) is 0 Å². The molecule has 0 rings (SSSR count). The highest BCUT2D eigenvalue weighted by atomic mass is 31.1. The van der Waals surface area contributed by atoms with Gasteiger partial charge >= 0.3 is 8.25 Å². The summed E-state index contributed by atoms with van der Waals surface area (Å²) in [5, 5.41) is 0. The Morgan fingerprint density at radius 3 is 1.52 bits per heavy atom. The van der Waals surface area contributed by atoms with Gasteiger partial charge in [-0.3, -0.25) is 0 Å². The van der Waals surface area contributed by atoms with Gasteiger partial charge in [0.05, 0.1) is 13.7 Å². The van der Waals surface area contributed by atoms with Gasteiger partial charge in [-0.15, -0.1) is 9.05 Å². The summed E-state index contributed by atoms with van der Waals surface area (Å²) in [6, 6.07) is 0. The largest absolute Gasteiger partial charge is 0.697 e. The molecule has 0 aliphatic heterocycles. The quantitative estimate of drug-likeness (QED) is 0.115. The summed E-state index contributed by atoms with van der Waals surface area (Å²) in [5.74, 6) is 0. The molecule has 0 saturated heterocycles. The second-order valence-corrected chi connectivity index (χ2v) is 9.01. The Kier molecular flexibility index (Phi) is 24.2. The molecule has 0 aromatic heterocycles. The van der Waals surface area contributed by atoms with E-state index in [1.54, 1.807) is 7.11 Å². The van der Waals surface area contributed by atoms with Crippen molar-refractivity contribution in [1.82, 2.24) is 0 Å². The van der Waals surface area contributed by atoms with E-state index in [4.69, 9.17) is 14.0 Å². The lowest BCUT2D eigenvalue weighted by atomic mass is 10.0. The summed E-state index contributed by atoms with van der Waals surface area (Å²) in [5.41, 5.74) is 0. The Labute approximate surface area is 181 Å². The first-order valence-electron chi connectivity index (χ1n) is 12.0. The monoisotopic (exact) mass is 435 g/mol. The molecule has 5 nitrogen and oxygen atoms in total. The minimum Gasteiger partial charge on any atom is -0.379 e. The predicted octanol–water partition coefficient (Wildman–Crippen LogP) is 7.60. The average molecular weight is 436 g/mol. The standard InChI is InChI=1S/C23H48O5P/c1-4-5-6-7-8-9-10-11-12-13-14-15-16-17-18-19-20-27-21-23(25-2)22-28-29(24)26-3/h23H,4-22H2,1-3H3/q+1/t23-/m0/s1. The van der Waals surface area contributed by atoms with E-state index in [9.17, 15) is 4.57 Å². The molecule has 0 spiro atoms. The van der Waals surface area contributed by atoms with Gasteiger partial charge in [0.2, 0.25) is 0 Å². The first kappa shape index (κ1) is 28.9. The number of hydrogen-bond donors (Lipinski definition) is 0. The van der Waals surface area contributed by atoms with Gasteiger partial charge in [0.25, 0.3) is 0 Å². The van der Waals surface area contributed by atoms with Crippen molar-refractivity contribution in [2.75, 3.05) is 34.0 Å². The van der Waals surface area contributed by atoms with Gasteiger partial charge < -0.3 is 9.47 Å². The van der Waals surface area contributed by atoms with E-state index in [1.165, 1.54) is 103 Å². The Morgan fingerprint density at radius 2 is 1.10 bits per heavy atom. The van der Waals surface area contributed by atoms with Crippen LogP contribution in [0.5, 0.6) is 0 Å². The second-order valence-electron chi connectivity index (χ2n) is 7.94. The van der Waals surface area contributed by atoms with Gasteiger partial charge in [0, 0.05) is 18.3 Å². The van der Waals surface area contributed by atoms with E-state index in [0.717, 1.165) is 13.0 Å². The maximum Gasteiger partial charge on any atom is 0.697 e. The van der Waals surface area contributed by atoms with Crippen molar-refractivity contribution in [3.8, 4) is 0 Å². The Balaban J connectivity index is 3.20. The van der Waals surface area contributed by atoms with Crippen LogP contribution in [-0.4, -0.2) is 40.1 Å². The summed E-state index contributed by atoms with van der Waals surface area (Å²) >= 11 is 0. The van der Waals surface area contributed by atoms with Gasteiger partial charge in [-0.25, -0.2) is 0 Å². The van der Waals surface area contributed by atoms with Crippen LogP contribution >= 0.6 is 8.25 Å². The lowest BCUT2D eigenvalue weighted by Gasteiger charge is -2.12. The summed E-state index contributed by atoms with van der Waals surface area (Å²) in [4.78, 5) is 0. The molecule has 0 saturated carbocycles. The molecule has 29 heavy (non-hydrogen) atoms. The zero-order valence-electron chi connectivity index (χ0n) is 19.5. The van der Waals surface area contributed by atoms with Gasteiger partial charge in [0.1, 0.15) is 12.7 Å². The fourth-order valence-electron chi connectivity index (χ4n) is 3.35. The normalized spacial score (nSPS) is 13.0. The van der Waals surface area contributed by atoms with Crippen molar-refractivity contribution < 1.29 is 23.1 Å². The maximum absolute atomic E-state index is 11.1. The highest BCUT2D eigenvalue weighted by Crippen LogP contribution is 2.22. The fraction of sp³-hybridized carbons (Fsp3) is 1.00. The lowest BCUT2D eigenvalue weighted by Crippen LogP contribution is -2.23. The van der Waals surface area contributed by atoms with Crippen LogP contribution in [0.15, 0.2) is 0 Å². The van der Waals surface area contributed by atoms with Gasteiger partial charge in [0.15, 0.2) is 0 Å². The van der Waals surface area contributed by atoms with Gasteiger partial charge in [-0.1, -0.05) is 103 Å². The zero-order valence-corrected chi connectivity index (χ0v) is 20.4. The van der Waals surface area contributed by atoms with Crippen molar-refractivity contribution in [3.63, 3.8) is 0 Å². The molecule has 0 aliphatic carbocycles. The third-order valence-electron chi connectivity index (χ3n) is 5.29. The summed E-state index contributed by atoms with van der Waals surface area (Å²) in [6.07, 6.45) is 21.7. The Hall–Kier alpha value is -0.0600. The second kappa shape index (κ2) is 24.2. The van der Waals surface area contributed by atoms with Crippen LogP contribution in [0.25, 0.3) is 0 Å². The van der Waals surface area contributed by atoms with Crippen molar-refractivity contribution in [1.29, 1.82) is 0 Å². The minimum atomic E-state index is -2.04. The van der Waals surface area contributed by atoms with Crippen LogP contribution < -0.4 is 0 Å². The highest BCUT2D eigenvalue weighted by molar-refractivity contribution is 7.33. The molecule has 0 aromatic carbocycles. The zero-order chi connectivity index (χ0) is 21.4. The topological polar surface area (TPSA) is 54.0 Å². The summed E-state index contributed by atoms with van der Waals surface area (Å²) in [7, 11) is 0.916. The molecule has 2 atom stereocenters. The molecule has 0 fully saturated rings. The third kappa shape index (κ3) is 22.4. The average Bonchev–Trinajstić information content (AvgIpc) is 2.74. The molecule has 0 heterocycles. The van der Waals surface area contributed by atoms with Crippen molar-refractivity contribution in [2.24, 2.45) is 0 Å². The number of ether oxygens (including phenoxy) is 2. The Morgan fingerprint density at radius 1 is 0.655 bits per heavy atom. The van der Waals surface area contributed by atoms with E-state index in [-0.39, 0.29) is 12.7 Å². The Bertz CT molecular complexity index is 341. The molecule has 0 aromatic rings.